The van der Waals surface area contributed by atoms with Crippen molar-refractivity contribution in [3.8, 4) is 11.3 Å². The Kier molecular flexibility index (Phi) is 5.61. The Bertz CT molecular complexity index is 1320. The van der Waals surface area contributed by atoms with Crippen LogP contribution in [0.1, 0.15) is 27.9 Å². The summed E-state index contributed by atoms with van der Waals surface area (Å²) in [7, 11) is 1.81. The van der Waals surface area contributed by atoms with E-state index in [0.717, 1.165) is 0 Å². The fourth-order valence-electron chi connectivity index (χ4n) is 4.02. The highest BCUT2D eigenvalue weighted by Gasteiger charge is 2.26. The number of nitrogens with zero attached hydrogens (tertiary/aromatic N) is 5. The topological polar surface area (TPSA) is 107 Å². The molecule has 1 aliphatic heterocycles. The molecule has 5 rings (SSSR count). The van der Waals surface area contributed by atoms with Crippen LogP contribution in [0.15, 0.2) is 49.1 Å². The normalized spacial score (nSPS) is 18.5. The summed E-state index contributed by atoms with van der Waals surface area (Å²) in [6.45, 7) is 0.648. The zero-order chi connectivity index (χ0) is 22.9. The number of rotatable bonds is 5. The van der Waals surface area contributed by atoms with Crippen molar-refractivity contribution in [3.05, 3.63) is 71.6 Å². The summed E-state index contributed by atoms with van der Waals surface area (Å²) in [5.74, 6) is -0.722. The zero-order valence-electron chi connectivity index (χ0n) is 18.0. The van der Waals surface area contributed by atoms with E-state index in [-0.39, 0.29) is 24.8 Å². The summed E-state index contributed by atoms with van der Waals surface area (Å²) in [4.78, 5) is 17.2. The zero-order valence-corrected chi connectivity index (χ0v) is 18.0. The van der Waals surface area contributed by atoms with Gasteiger partial charge in [0.1, 0.15) is 12.1 Å². The third kappa shape index (κ3) is 4.35. The molecule has 1 aromatic carbocycles. The summed E-state index contributed by atoms with van der Waals surface area (Å²) >= 11 is 0. The van der Waals surface area contributed by atoms with E-state index < -0.39 is 12.1 Å². The number of fused-ring (bicyclic) bond motifs is 1. The number of hydrogen-bond acceptors (Lipinski definition) is 6. The molecule has 0 aliphatic carbocycles. The SMILES string of the molecule is Cn1ccc(-c2ccc(Cc3cc(C(=O)N[C@H]4CCOC[C@@H]4O)c4ncnn4c3)c(F)c2)n1. The van der Waals surface area contributed by atoms with Crippen LogP contribution in [0.5, 0.6) is 0 Å². The minimum Gasteiger partial charge on any atom is -0.389 e. The van der Waals surface area contributed by atoms with E-state index in [9.17, 15) is 14.3 Å². The van der Waals surface area contributed by atoms with Gasteiger partial charge in [0.25, 0.3) is 5.91 Å². The maximum Gasteiger partial charge on any atom is 0.255 e. The number of carbonyl (C=O) groups excluding carboxylic acids is 1. The Morgan fingerprint density at radius 2 is 2.21 bits per heavy atom. The molecule has 2 atom stereocenters. The van der Waals surface area contributed by atoms with Gasteiger partial charge in [0, 0.05) is 38.0 Å². The van der Waals surface area contributed by atoms with E-state index in [4.69, 9.17) is 4.74 Å². The molecule has 4 heterocycles. The molecule has 0 radical (unpaired) electrons. The van der Waals surface area contributed by atoms with E-state index in [2.05, 4.69) is 20.5 Å². The first-order valence-electron chi connectivity index (χ1n) is 10.7. The highest BCUT2D eigenvalue weighted by Crippen LogP contribution is 2.23. The molecule has 1 saturated heterocycles. The molecule has 1 aliphatic rings. The van der Waals surface area contributed by atoms with Crippen LogP contribution < -0.4 is 5.32 Å². The second-order valence-corrected chi connectivity index (χ2v) is 8.16. The van der Waals surface area contributed by atoms with Crippen LogP contribution in [-0.2, 0) is 18.2 Å². The van der Waals surface area contributed by atoms with Gasteiger partial charge in [-0.1, -0.05) is 12.1 Å². The summed E-state index contributed by atoms with van der Waals surface area (Å²) in [6.07, 6.45) is 4.91. The first kappa shape index (κ1) is 21.2. The minimum absolute atomic E-state index is 0.180. The van der Waals surface area contributed by atoms with Crippen LogP contribution in [0, 0.1) is 5.82 Å². The second-order valence-electron chi connectivity index (χ2n) is 8.16. The summed E-state index contributed by atoms with van der Waals surface area (Å²) < 4.78 is 23.3. The Morgan fingerprint density at radius 1 is 1.33 bits per heavy atom. The lowest BCUT2D eigenvalue weighted by Gasteiger charge is -2.28. The number of hydrogen-bond donors (Lipinski definition) is 2. The van der Waals surface area contributed by atoms with Gasteiger partial charge in [-0.25, -0.2) is 13.9 Å². The summed E-state index contributed by atoms with van der Waals surface area (Å²) in [5.41, 5.74) is 3.29. The number of aryl methyl sites for hydroxylation is 1. The molecule has 0 unspecified atom stereocenters. The summed E-state index contributed by atoms with van der Waals surface area (Å²) in [5, 5.41) is 21.4. The predicted molar refractivity (Wildman–Crippen MR) is 117 cm³/mol. The summed E-state index contributed by atoms with van der Waals surface area (Å²) in [6, 6.07) is 8.13. The molecule has 33 heavy (non-hydrogen) atoms. The van der Waals surface area contributed by atoms with Crippen LogP contribution in [0.2, 0.25) is 0 Å². The number of aromatic nitrogens is 5. The second kappa shape index (κ2) is 8.72. The van der Waals surface area contributed by atoms with Gasteiger partial charge in [0.2, 0.25) is 0 Å². The molecule has 3 aromatic heterocycles. The standard InChI is InChI=1S/C23H23FN6O3/c1-29-6-4-19(28-29)16-3-2-15(18(24)10-16)8-14-9-17(22-25-13-26-30(22)11-14)23(32)27-20-5-7-33-12-21(20)31/h2-4,6,9-11,13,20-21,31H,5,7-8,12H2,1H3,(H,27,32)/t20-,21-/m0/s1. The highest BCUT2D eigenvalue weighted by molar-refractivity contribution is 6.00. The third-order valence-electron chi connectivity index (χ3n) is 5.78. The van der Waals surface area contributed by atoms with E-state index >= 15 is 0 Å². The van der Waals surface area contributed by atoms with Crippen molar-refractivity contribution in [2.75, 3.05) is 13.2 Å². The number of ether oxygens (including phenoxy) is 1. The molecule has 10 heteroatoms. The van der Waals surface area contributed by atoms with Crippen LogP contribution in [0.25, 0.3) is 16.9 Å². The minimum atomic E-state index is -0.772. The number of aliphatic hydroxyl groups excluding tert-OH is 1. The Balaban J connectivity index is 1.41. The van der Waals surface area contributed by atoms with Gasteiger partial charge in [-0.15, -0.1) is 0 Å². The molecule has 4 aromatic rings. The lowest BCUT2D eigenvalue weighted by molar-refractivity contribution is -0.0260. The molecule has 9 nitrogen and oxygen atoms in total. The smallest absolute Gasteiger partial charge is 0.255 e. The monoisotopic (exact) mass is 450 g/mol. The molecule has 2 N–H and O–H groups in total. The average molecular weight is 450 g/mol. The fraction of sp³-hybridized carbons (Fsp3) is 0.304. The maximum absolute atomic E-state index is 14.9. The van der Waals surface area contributed by atoms with Crippen molar-refractivity contribution >= 4 is 11.6 Å². The molecular weight excluding hydrogens is 427 g/mol. The molecule has 1 amide bonds. The number of aliphatic hydroxyl groups is 1. The van der Waals surface area contributed by atoms with Crippen LogP contribution >= 0.6 is 0 Å². The van der Waals surface area contributed by atoms with Crippen molar-refractivity contribution in [2.45, 2.75) is 25.0 Å². The Morgan fingerprint density at radius 3 is 2.97 bits per heavy atom. The highest BCUT2D eigenvalue weighted by atomic mass is 19.1. The van der Waals surface area contributed by atoms with Gasteiger partial charge >= 0.3 is 0 Å². The lowest BCUT2D eigenvalue weighted by Crippen LogP contribution is -2.48. The van der Waals surface area contributed by atoms with Crippen molar-refractivity contribution in [3.63, 3.8) is 0 Å². The van der Waals surface area contributed by atoms with Crippen molar-refractivity contribution in [1.29, 1.82) is 0 Å². The van der Waals surface area contributed by atoms with Gasteiger partial charge in [0.15, 0.2) is 5.65 Å². The number of pyridine rings is 1. The molecule has 1 fully saturated rings. The number of amides is 1. The molecule has 0 bridgehead atoms. The molecule has 0 spiro atoms. The first-order chi connectivity index (χ1) is 16.0. The first-order valence-corrected chi connectivity index (χ1v) is 10.7. The van der Waals surface area contributed by atoms with E-state index in [1.165, 1.54) is 16.9 Å². The quantitative estimate of drug-likeness (QED) is 0.480. The van der Waals surface area contributed by atoms with Crippen LogP contribution in [0.3, 0.4) is 0 Å². The van der Waals surface area contributed by atoms with Crippen molar-refractivity contribution in [1.82, 2.24) is 29.7 Å². The van der Waals surface area contributed by atoms with Crippen LogP contribution in [-0.4, -0.2) is 60.8 Å². The van der Waals surface area contributed by atoms with Gasteiger partial charge in [-0.05, 0) is 35.7 Å². The third-order valence-corrected chi connectivity index (χ3v) is 5.78. The maximum atomic E-state index is 14.9. The van der Waals surface area contributed by atoms with Crippen molar-refractivity contribution in [2.24, 2.45) is 7.05 Å². The lowest BCUT2D eigenvalue weighted by atomic mass is 10.0. The number of carbonyl (C=O) groups is 1. The van der Waals surface area contributed by atoms with E-state index in [1.807, 2.05) is 19.2 Å². The Hall–Kier alpha value is -3.63. The van der Waals surface area contributed by atoms with E-state index in [1.54, 1.807) is 29.2 Å². The predicted octanol–water partition coefficient (Wildman–Crippen LogP) is 1.74. The van der Waals surface area contributed by atoms with Crippen molar-refractivity contribution < 1.29 is 19.0 Å². The fourth-order valence-corrected chi connectivity index (χ4v) is 4.02. The molecule has 170 valence electrons. The van der Waals surface area contributed by atoms with Gasteiger partial charge < -0.3 is 15.2 Å². The average Bonchev–Trinajstić information content (AvgIpc) is 3.45. The largest absolute Gasteiger partial charge is 0.389 e. The Labute approximate surface area is 188 Å². The van der Waals surface area contributed by atoms with Gasteiger partial charge in [-0.2, -0.15) is 10.2 Å². The van der Waals surface area contributed by atoms with Crippen LogP contribution in [0.4, 0.5) is 4.39 Å². The molecular formula is C23H23FN6O3. The van der Waals surface area contributed by atoms with Gasteiger partial charge in [0.05, 0.1) is 30.0 Å². The number of halogens is 1. The molecule has 0 saturated carbocycles. The number of benzene rings is 1. The number of nitrogens with one attached hydrogen (secondary N) is 1. The van der Waals surface area contributed by atoms with E-state index in [0.29, 0.717) is 46.6 Å². The van der Waals surface area contributed by atoms with Gasteiger partial charge in [-0.3, -0.25) is 9.48 Å².